The van der Waals surface area contributed by atoms with E-state index in [0.717, 1.165) is 16.3 Å². The van der Waals surface area contributed by atoms with Crippen LogP contribution in [0.1, 0.15) is 38.2 Å². The largest absolute Gasteiger partial charge is 0.445 e. The van der Waals surface area contributed by atoms with Gasteiger partial charge in [-0.1, -0.05) is 60.7 Å². The third-order valence-electron chi connectivity index (χ3n) is 7.11. The molecule has 4 amide bonds. The number of benzene rings is 3. The molecule has 50 heavy (non-hydrogen) atoms. The lowest BCUT2D eigenvalue weighted by Gasteiger charge is -2.24. The lowest BCUT2D eigenvalue weighted by molar-refractivity contribution is -0.131. The minimum Gasteiger partial charge on any atom is -0.445 e. The van der Waals surface area contributed by atoms with E-state index in [2.05, 4.69) is 31.3 Å². The topological polar surface area (TPSA) is 254 Å². The summed E-state index contributed by atoms with van der Waals surface area (Å²) >= 11 is 0. The molecule has 0 saturated heterocycles. The molecule has 0 radical (unpaired) electrons. The van der Waals surface area contributed by atoms with Crippen molar-refractivity contribution in [1.29, 1.82) is 0 Å². The van der Waals surface area contributed by atoms with E-state index in [0.29, 0.717) is 18.5 Å². The molecule has 0 aromatic heterocycles. The van der Waals surface area contributed by atoms with Gasteiger partial charge < -0.3 is 48.9 Å². The van der Waals surface area contributed by atoms with Gasteiger partial charge in [-0.05, 0) is 61.1 Å². The molecule has 3 aromatic rings. The van der Waals surface area contributed by atoms with E-state index in [1.165, 1.54) is 6.92 Å². The maximum atomic E-state index is 13.6. The summed E-state index contributed by atoms with van der Waals surface area (Å²) in [5.41, 5.74) is 23.0. The van der Waals surface area contributed by atoms with Crippen LogP contribution in [0.5, 0.6) is 0 Å². The molecule has 272 valence electrons. The molecule has 0 aliphatic heterocycles. The van der Waals surface area contributed by atoms with Crippen LogP contribution in [0.25, 0.3) is 10.8 Å². The Morgan fingerprint density at radius 1 is 0.680 bits per heavy atom. The molecule has 3 rings (SSSR count). The van der Waals surface area contributed by atoms with Crippen LogP contribution >= 0.6 is 24.8 Å². The Bertz CT molecular complexity index is 1600. The van der Waals surface area contributed by atoms with Crippen molar-refractivity contribution < 1.29 is 23.9 Å². The van der Waals surface area contributed by atoms with E-state index in [1.54, 1.807) is 18.2 Å². The fourth-order valence-electron chi connectivity index (χ4n) is 4.62. The number of hydrogen-bond donors (Lipinski definition) is 8. The van der Waals surface area contributed by atoms with Gasteiger partial charge in [0.15, 0.2) is 11.9 Å². The van der Waals surface area contributed by atoms with Crippen molar-refractivity contribution >= 4 is 77.0 Å². The number of halogens is 2. The summed E-state index contributed by atoms with van der Waals surface area (Å²) in [4.78, 5) is 60.4. The van der Waals surface area contributed by atoms with E-state index >= 15 is 0 Å². The van der Waals surface area contributed by atoms with Gasteiger partial charge in [-0.3, -0.25) is 24.4 Å². The fraction of sp³-hybridized carbons (Fsp3) is 0.333. The Labute approximate surface area is 303 Å². The van der Waals surface area contributed by atoms with Gasteiger partial charge in [0.05, 0.1) is 0 Å². The Kier molecular flexibility index (Phi) is 19.1. The molecular formula is C33H46Cl2N10O5. The summed E-state index contributed by atoms with van der Waals surface area (Å²) in [6, 6.07) is 19.1. The maximum absolute atomic E-state index is 13.6. The molecule has 0 fully saturated rings. The standard InChI is InChI=1S/C33H44N10O5.2ClH/c1-21(40-33(47)48-20-22-9-3-2-4-10-22)28(44)42-27(14-8-18-39-32(36)37)30(46)43-26(13-7-17-38-31(34)35)29(45)41-25-16-15-23-11-5-6-12-24(23)19-25;;/h2-6,9-12,15-16,19,21,26-27H,7-8,13-14,17-18,20H2,1H3,(H,40,47)(H,41,45)(H,42,44)(H,43,46)(H4,34,35,38)(H4,36,37,39);2*1H/t21-,26-,27-;;/m0../s1. The van der Waals surface area contributed by atoms with E-state index in [9.17, 15) is 19.2 Å². The Morgan fingerprint density at radius 2 is 1.22 bits per heavy atom. The predicted molar refractivity (Wildman–Crippen MR) is 200 cm³/mol. The predicted octanol–water partition coefficient (Wildman–Crippen LogP) is 2.01. The second-order valence-electron chi connectivity index (χ2n) is 11.0. The number of amides is 4. The molecule has 12 N–H and O–H groups in total. The minimum atomic E-state index is -1.09. The lowest BCUT2D eigenvalue weighted by Crippen LogP contribution is -2.55. The molecule has 3 atom stereocenters. The number of ether oxygens (including phenoxy) is 1. The van der Waals surface area contributed by atoms with E-state index < -0.39 is 41.9 Å². The van der Waals surface area contributed by atoms with Crippen LogP contribution in [-0.2, 0) is 25.7 Å². The summed E-state index contributed by atoms with van der Waals surface area (Å²) < 4.78 is 5.20. The number of anilines is 1. The molecule has 0 aliphatic rings. The molecule has 15 nitrogen and oxygen atoms in total. The molecule has 0 bridgehead atoms. The highest BCUT2D eigenvalue weighted by Gasteiger charge is 2.28. The number of fused-ring (bicyclic) bond motifs is 1. The van der Waals surface area contributed by atoms with Crippen molar-refractivity contribution in [1.82, 2.24) is 16.0 Å². The van der Waals surface area contributed by atoms with Gasteiger partial charge in [0.2, 0.25) is 17.7 Å². The number of hydrogen-bond acceptors (Lipinski definition) is 7. The third-order valence-corrected chi connectivity index (χ3v) is 7.11. The molecule has 0 saturated carbocycles. The van der Waals surface area contributed by atoms with Crippen LogP contribution in [0.4, 0.5) is 10.5 Å². The first-order chi connectivity index (χ1) is 23.0. The molecular weight excluding hydrogens is 687 g/mol. The number of guanidine groups is 2. The van der Waals surface area contributed by atoms with Gasteiger partial charge in [-0.15, -0.1) is 24.8 Å². The van der Waals surface area contributed by atoms with Crippen LogP contribution < -0.4 is 44.2 Å². The smallest absolute Gasteiger partial charge is 0.408 e. The van der Waals surface area contributed by atoms with Gasteiger partial charge in [0.1, 0.15) is 24.7 Å². The molecule has 3 aromatic carbocycles. The maximum Gasteiger partial charge on any atom is 0.408 e. The normalized spacial score (nSPS) is 11.9. The molecule has 0 spiro atoms. The number of carbonyl (C=O) groups is 4. The zero-order valence-electron chi connectivity index (χ0n) is 27.7. The molecule has 0 aliphatic carbocycles. The number of carbonyl (C=O) groups excluding carboxylic acids is 4. The van der Waals surface area contributed by atoms with E-state index in [4.69, 9.17) is 27.7 Å². The zero-order chi connectivity index (χ0) is 34.9. The van der Waals surface area contributed by atoms with Crippen molar-refractivity contribution in [2.75, 3.05) is 18.4 Å². The average molecular weight is 734 g/mol. The van der Waals surface area contributed by atoms with Gasteiger partial charge in [0, 0.05) is 18.8 Å². The quantitative estimate of drug-likeness (QED) is 0.0573. The van der Waals surface area contributed by atoms with Gasteiger partial charge in [0.25, 0.3) is 0 Å². The van der Waals surface area contributed by atoms with Crippen molar-refractivity contribution in [3.05, 3.63) is 78.4 Å². The highest BCUT2D eigenvalue weighted by Crippen LogP contribution is 2.19. The number of nitrogens with one attached hydrogen (secondary N) is 4. The summed E-state index contributed by atoms with van der Waals surface area (Å²) in [6.45, 7) is 1.91. The van der Waals surface area contributed by atoms with Gasteiger partial charge in [-0.25, -0.2) is 4.79 Å². The molecule has 0 unspecified atom stereocenters. The minimum absolute atomic E-state index is 0. The van der Waals surface area contributed by atoms with Crippen LogP contribution in [0.2, 0.25) is 0 Å². The summed E-state index contributed by atoms with van der Waals surface area (Å²) in [7, 11) is 0. The van der Waals surface area contributed by atoms with E-state index in [-0.39, 0.29) is 69.3 Å². The van der Waals surface area contributed by atoms with Crippen molar-refractivity contribution in [3.8, 4) is 0 Å². The molecule has 17 heteroatoms. The first-order valence-electron chi connectivity index (χ1n) is 15.5. The first-order valence-corrected chi connectivity index (χ1v) is 15.5. The summed E-state index contributed by atoms with van der Waals surface area (Å²) in [5.74, 6) is -1.93. The van der Waals surface area contributed by atoms with Crippen molar-refractivity contribution in [2.45, 2.75) is 57.3 Å². The third kappa shape index (κ3) is 15.3. The zero-order valence-corrected chi connectivity index (χ0v) is 29.3. The van der Waals surface area contributed by atoms with Crippen LogP contribution in [-0.4, -0.2) is 66.9 Å². The SMILES string of the molecule is C[C@H](NC(=O)OCc1ccccc1)C(=O)N[C@@H](CCCN=C(N)N)C(=O)N[C@@H](CCCN=C(N)N)C(=O)Nc1ccc2ccccc2c1.Cl.Cl. The first kappa shape index (κ1) is 42.7. The van der Waals surface area contributed by atoms with Crippen LogP contribution in [0.3, 0.4) is 0 Å². The highest BCUT2D eigenvalue weighted by atomic mass is 35.5. The fourth-order valence-corrected chi connectivity index (χ4v) is 4.62. The second-order valence-corrected chi connectivity index (χ2v) is 11.0. The number of nitrogens with zero attached hydrogens (tertiary/aromatic N) is 2. The van der Waals surface area contributed by atoms with Gasteiger partial charge >= 0.3 is 6.09 Å². The number of aliphatic imine (C=N–C) groups is 2. The van der Waals surface area contributed by atoms with E-state index in [1.807, 2.05) is 54.6 Å². The Morgan fingerprint density at radius 3 is 1.82 bits per heavy atom. The molecule has 0 heterocycles. The summed E-state index contributed by atoms with van der Waals surface area (Å²) in [5, 5.41) is 12.7. The summed E-state index contributed by atoms with van der Waals surface area (Å²) in [6.07, 6.45) is 0.229. The second kappa shape index (κ2) is 22.4. The number of rotatable bonds is 17. The van der Waals surface area contributed by atoms with Gasteiger partial charge in [-0.2, -0.15) is 0 Å². The monoisotopic (exact) mass is 732 g/mol. The Hall–Kier alpha value is -5.28. The lowest BCUT2D eigenvalue weighted by atomic mass is 10.1. The highest BCUT2D eigenvalue weighted by molar-refractivity contribution is 6.00. The number of alkyl carbamates (subject to hydrolysis) is 1. The van der Waals surface area contributed by atoms with Crippen molar-refractivity contribution in [2.24, 2.45) is 32.9 Å². The Balaban J connectivity index is 0.00000625. The van der Waals surface area contributed by atoms with Crippen molar-refractivity contribution in [3.63, 3.8) is 0 Å². The van der Waals surface area contributed by atoms with Crippen LogP contribution in [0, 0.1) is 0 Å². The number of nitrogens with two attached hydrogens (primary N) is 4. The average Bonchev–Trinajstić information content (AvgIpc) is 3.06. The van der Waals surface area contributed by atoms with Crippen LogP contribution in [0.15, 0.2) is 82.8 Å².